The molecule has 10 heteroatoms. The van der Waals surface area contributed by atoms with Crippen LogP contribution in [0.2, 0.25) is 0 Å². The number of halogens is 3. The first-order chi connectivity index (χ1) is 15.4. The highest BCUT2D eigenvalue weighted by molar-refractivity contribution is 5.94. The van der Waals surface area contributed by atoms with E-state index >= 15 is 0 Å². The number of fused-ring (bicyclic) bond motifs is 1. The van der Waals surface area contributed by atoms with E-state index in [0.29, 0.717) is 24.2 Å². The van der Waals surface area contributed by atoms with Gasteiger partial charge in [-0.05, 0) is 30.3 Å². The van der Waals surface area contributed by atoms with E-state index in [2.05, 4.69) is 15.2 Å². The second kappa shape index (κ2) is 7.63. The molecule has 1 amide bonds. The summed E-state index contributed by atoms with van der Waals surface area (Å²) in [5.41, 5.74) is 1.72. The highest BCUT2D eigenvalue weighted by atomic mass is 19.1. The maximum absolute atomic E-state index is 14.1. The predicted molar refractivity (Wildman–Crippen MR) is 107 cm³/mol. The van der Waals surface area contributed by atoms with Gasteiger partial charge in [-0.25, -0.2) is 13.2 Å². The summed E-state index contributed by atoms with van der Waals surface area (Å²) in [6, 6.07) is 8.82. The SMILES string of the molecule is Cn1nc(-c2nc(-c3ccccc3F)no2)c2c1CCN(C(=O)c1cc(F)ccc1F)C2. The Kier molecular flexibility index (Phi) is 4.76. The van der Waals surface area contributed by atoms with E-state index in [0.717, 1.165) is 23.9 Å². The molecule has 4 aromatic rings. The third kappa shape index (κ3) is 3.33. The zero-order valence-electron chi connectivity index (χ0n) is 16.8. The minimum absolute atomic E-state index is 0.0723. The number of benzene rings is 2. The van der Waals surface area contributed by atoms with Gasteiger partial charge in [0.25, 0.3) is 11.8 Å². The number of aromatic nitrogens is 4. The highest BCUT2D eigenvalue weighted by Gasteiger charge is 2.31. The zero-order chi connectivity index (χ0) is 22.4. The number of amides is 1. The number of hydrogen-bond donors (Lipinski definition) is 0. The van der Waals surface area contributed by atoms with Crippen LogP contribution >= 0.6 is 0 Å². The Morgan fingerprint density at radius 2 is 1.91 bits per heavy atom. The lowest BCUT2D eigenvalue weighted by atomic mass is 10.0. The van der Waals surface area contributed by atoms with Crippen LogP contribution in [0, 0.1) is 17.5 Å². The Hall–Kier alpha value is -3.95. The summed E-state index contributed by atoms with van der Waals surface area (Å²) in [5.74, 6) is -2.45. The molecule has 7 nitrogen and oxygen atoms in total. The molecule has 0 N–H and O–H groups in total. The molecule has 0 spiro atoms. The van der Waals surface area contributed by atoms with Gasteiger partial charge in [-0.15, -0.1) is 0 Å². The molecule has 0 bridgehead atoms. The first-order valence-electron chi connectivity index (χ1n) is 9.80. The fraction of sp³-hybridized carbons (Fsp3) is 0.182. The van der Waals surface area contributed by atoms with Crippen molar-refractivity contribution in [2.45, 2.75) is 13.0 Å². The average Bonchev–Trinajstić information content (AvgIpc) is 3.40. The molecule has 5 rings (SSSR count). The van der Waals surface area contributed by atoms with Crippen molar-refractivity contribution in [3.63, 3.8) is 0 Å². The largest absolute Gasteiger partial charge is 0.334 e. The van der Waals surface area contributed by atoms with Gasteiger partial charge in [0.05, 0.1) is 17.7 Å². The quantitative estimate of drug-likeness (QED) is 0.486. The fourth-order valence-corrected chi connectivity index (χ4v) is 3.84. The summed E-state index contributed by atoms with van der Waals surface area (Å²) >= 11 is 0. The molecular formula is C22H16F3N5O2. The van der Waals surface area contributed by atoms with Gasteiger partial charge in [-0.3, -0.25) is 9.48 Å². The van der Waals surface area contributed by atoms with Crippen molar-refractivity contribution in [3.05, 3.63) is 76.7 Å². The first kappa shape index (κ1) is 20.0. The Morgan fingerprint density at radius 1 is 1.09 bits per heavy atom. The number of hydrogen-bond acceptors (Lipinski definition) is 5. The molecule has 0 aliphatic carbocycles. The molecule has 0 fully saturated rings. The molecule has 162 valence electrons. The van der Waals surface area contributed by atoms with Gasteiger partial charge < -0.3 is 9.42 Å². The van der Waals surface area contributed by atoms with Crippen LogP contribution in [0.3, 0.4) is 0 Å². The summed E-state index contributed by atoms with van der Waals surface area (Å²) in [5, 5.41) is 8.30. The van der Waals surface area contributed by atoms with E-state index in [9.17, 15) is 18.0 Å². The Labute approximate surface area is 180 Å². The van der Waals surface area contributed by atoms with Crippen LogP contribution in [-0.4, -0.2) is 37.3 Å². The van der Waals surface area contributed by atoms with Crippen LogP contribution in [0.4, 0.5) is 13.2 Å². The van der Waals surface area contributed by atoms with Crippen molar-refractivity contribution in [1.82, 2.24) is 24.8 Å². The van der Waals surface area contributed by atoms with Gasteiger partial charge in [0, 0.05) is 31.3 Å². The van der Waals surface area contributed by atoms with Crippen LogP contribution in [-0.2, 0) is 20.0 Å². The molecule has 3 heterocycles. The number of carbonyl (C=O) groups is 1. The van der Waals surface area contributed by atoms with E-state index in [4.69, 9.17) is 4.52 Å². The van der Waals surface area contributed by atoms with Gasteiger partial charge in [0.1, 0.15) is 17.5 Å². The Balaban J connectivity index is 1.49. The van der Waals surface area contributed by atoms with Crippen LogP contribution in [0.25, 0.3) is 23.0 Å². The fourth-order valence-electron chi connectivity index (χ4n) is 3.84. The third-order valence-electron chi connectivity index (χ3n) is 5.43. The van der Waals surface area contributed by atoms with Gasteiger partial charge >= 0.3 is 0 Å². The topological polar surface area (TPSA) is 77.1 Å². The molecule has 0 unspecified atom stereocenters. The van der Waals surface area contributed by atoms with Crippen LogP contribution < -0.4 is 0 Å². The zero-order valence-corrected chi connectivity index (χ0v) is 16.8. The Morgan fingerprint density at radius 3 is 2.72 bits per heavy atom. The predicted octanol–water partition coefficient (Wildman–Crippen LogP) is 3.75. The average molecular weight is 439 g/mol. The van der Waals surface area contributed by atoms with Crippen LogP contribution in [0.1, 0.15) is 21.6 Å². The van der Waals surface area contributed by atoms with E-state index in [1.807, 2.05) is 0 Å². The van der Waals surface area contributed by atoms with Crippen molar-refractivity contribution < 1.29 is 22.5 Å². The molecule has 2 aromatic carbocycles. The highest BCUT2D eigenvalue weighted by Crippen LogP contribution is 2.31. The van der Waals surface area contributed by atoms with Crippen molar-refractivity contribution in [2.24, 2.45) is 7.05 Å². The lowest BCUT2D eigenvalue weighted by Gasteiger charge is -2.27. The minimum atomic E-state index is -0.792. The van der Waals surface area contributed by atoms with Crippen molar-refractivity contribution in [2.75, 3.05) is 6.54 Å². The number of rotatable bonds is 3. The van der Waals surface area contributed by atoms with Gasteiger partial charge in [0.15, 0.2) is 5.69 Å². The van der Waals surface area contributed by atoms with Gasteiger partial charge in [0.2, 0.25) is 5.82 Å². The number of nitrogens with zero attached hydrogens (tertiary/aromatic N) is 5. The lowest BCUT2D eigenvalue weighted by molar-refractivity contribution is 0.0728. The van der Waals surface area contributed by atoms with E-state index in [1.54, 1.807) is 23.9 Å². The Bertz CT molecular complexity index is 1350. The lowest BCUT2D eigenvalue weighted by Crippen LogP contribution is -2.36. The molecule has 0 saturated heterocycles. The summed E-state index contributed by atoms with van der Waals surface area (Å²) < 4.78 is 48.8. The summed E-state index contributed by atoms with van der Waals surface area (Å²) in [7, 11) is 1.75. The third-order valence-corrected chi connectivity index (χ3v) is 5.43. The molecular weight excluding hydrogens is 423 g/mol. The molecule has 32 heavy (non-hydrogen) atoms. The van der Waals surface area contributed by atoms with Crippen molar-refractivity contribution >= 4 is 5.91 Å². The normalized spacial score (nSPS) is 13.3. The van der Waals surface area contributed by atoms with Gasteiger partial charge in [-0.1, -0.05) is 17.3 Å². The van der Waals surface area contributed by atoms with E-state index in [1.165, 1.54) is 17.0 Å². The maximum Gasteiger partial charge on any atom is 0.279 e. The second-order valence-corrected chi connectivity index (χ2v) is 7.40. The van der Waals surface area contributed by atoms with Crippen molar-refractivity contribution in [3.8, 4) is 23.0 Å². The standard InChI is InChI=1S/C22H16F3N5O2/c1-29-18-8-9-30(22(31)14-10-12(23)6-7-17(14)25)11-15(18)19(27-29)21-26-20(28-32-21)13-4-2-3-5-16(13)24/h2-7,10H,8-9,11H2,1H3. The van der Waals surface area contributed by atoms with E-state index < -0.39 is 23.4 Å². The molecule has 1 aliphatic heterocycles. The van der Waals surface area contributed by atoms with Crippen molar-refractivity contribution in [1.29, 1.82) is 0 Å². The molecule has 2 aromatic heterocycles. The first-order valence-corrected chi connectivity index (χ1v) is 9.80. The molecule has 0 atom stereocenters. The minimum Gasteiger partial charge on any atom is -0.334 e. The molecule has 0 saturated carbocycles. The van der Waals surface area contributed by atoms with E-state index in [-0.39, 0.29) is 29.4 Å². The monoisotopic (exact) mass is 439 g/mol. The second-order valence-electron chi connectivity index (χ2n) is 7.40. The number of carbonyl (C=O) groups excluding carboxylic acids is 1. The van der Waals surface area contributed by atoms with Crippen LogP contribution in [0.15, 0.2) is 47.0 Å². The summed E-state index contributed by atoms with van der Waals surface area (Å²) in [6.07, 6.45) is 0.454. The number of aryl methyl sites for hydroxylation is 1. The molecule has 0 radical (unpaired) electrons. The summed E-state index contributed by atoms with van der Waals surface area (Å²) in [4.78, 5) is 18.6. The maximum atomic E-state index is 14.1. The summed E-state index contributed by atoms with van der Waals surface area (Å²) in [6.45, 7) is 0.412. The van der Waals surface area contributed by atoms with Crippen LogP contribution in [0.5, 0.6) is 0 Å². The molecule has 1 aliphatic rings. The smallest absolute Gasteiger partial charge is 0.279 e. The van der Waals surface area contributed by atoms with Gasteiger partial charge in [-0.2, -0.15) is 10.1 Å².